The summed E-state index contributed by atoms with van der Waals surface area (Å²) < 4.78 is 17.1. The van der Waals surface area contributed by atoms with Crippen molar-refractivity contribution in [1.82, 2.24) is 0 Å². The normalized spacial score (nSPS) is 27.1. The van der Waals surface area contributed by atoms with Crippen molar-refractivity contribution in [1.29, 1.82) is 0 Å². The van der Waals surface area contributed by atoms with Gasteiger partial charge >= 0.3 is 8.60 Å². The van der Waals surface area contributed by atoms with Crippen LogP contribution < -0.4 is 0 Å². The largest absolute Gasteiger partial charge is 0.395 e. The van der Waals surface area contributed by atoms with Crippen LogP contribution in [0.2, 0.25) is 0 Å². The van der Waals surface area contributed by atoms with E-state index in [9.17, 15) is 15.3 Å². The van der Waals surface area contributed by atoms with Crippen molar-refractivity contribution in [2.45, 2.75) is 102 Å². The lowest BCUT2D eigenvalue weighted by atomic mass is 9.77. The second kappa shape index (κ2) is 12.0. The van der Waals surface area contributed by atoms with Gasteiger partial charge in [0, 0.05) is 0 Å². The quantitative estimate of drug-likeness (QED) is 0.245. The van der Waals surface area contributed by atoms with E-state index in [-0.39, 0.29) is 6.10 Å². The third-order valence-corrected chi connectivity index (χ3v) is 7.29. The maximum atomic E-state index is 9.69. The number of rotatable bonds is 17. The maximum Gasteiger partial charge on any atom is 0.338 e. The zero-order valence-electron chi connectivity index (χ0n) is 16.9. The van der Waals surface area contributed by atoms with Gasteiger partial charge in [0.15, 0.2) is 0 Å². The predicted molar refractivity (Wildman–Crippen MR) is 106 cm³/mol. The lowest BCUT2D eigenvalue weighted by Crippen LogP contribution is -2.63. The third kappa shape index (κ3) is 5.63. The fourth-order valence-corrected chi connectivity index (χ4v) is 5.61. The molecule has 3 N–H and O–H groups in total. The second-order valence-corrected chi connectivity index (χ2v) is 9.12. The topological polar surface area (TPSA) is 88.4 Å². The number of aliphatic hydroxyl groups excluding tert-OH is 3. The smallest absolute Gasteiger partial charge is 0.338 e. The van der Waals surface area contributed by atoms with E-state index in [1.54, 1.807) is 0 Å². The molecular weight excluding hydrogens is 367 g/mol. The average molecular weight is 407 g/mol. The Morgan fingerprint density at radius 3 is 1.63 bits per heavy atom. The summed E-state index contributed by atoms with van der Waals surface area (Å²) in [4.78, 5) is 0. The highest BCUT2D eigenvalue weighted by atomic mass is 31.2. The van der Waals surface area contributed by atoms with Gasteiger partial charge in [-0.25, -0.2) is 0 Å². The van der Waals surface area contributed by atoms with E-state index in [1.807, 2.05) is 0 Å². The predicted octanol–water partition coefficient (Wildman–Crippen LogP) is 4.41. The zero-order valence-corrected chi connectivity index (χ0v) is 17.8. The first-order valence-corrected chi connectivity index (χ1v) is 12.0. The summed E-state index contributed by atoms with van der Waals surface area (Å²) in [6.45, 7) is 1.05. The van der Waals surface area contributed by atoms with Gasteiger partial charge in [-0.1, -0.05) is 84.0 Å². The Kier molecular flexibility index (Phi) is 10.4. The van der Waals surface area contributed by atoms with E-state index >= 15 is 0 Å². The highest BCUT2D eigenvalue weighted by molar-refractivity contribution is 7.43. The van der Waals surface area contributed by atoms with Gasteiger partial charge in [-0.2, -0.15) is 0 Å². The Labute approximate surface area is 165 Å². The standard InChI is InChI=1S/C20H39O6P/c1-2-3-4-5-6-7-8-9-10-11-12-13-14-18-20(25-27(24-18)26-20)19(15-21,16-22)17-23/h18,21-23H,2-17H2,1H3. The van der Waals surface area contributed by atoms with E-state index in [2.05, 4.69) is 6.92 Å². The fraction of sp³-hybridized carbons (Fsp3) is 1.00. The Morgan fingerprint density at radius 2 is 1.19 bits per heavy atom. The van der Waals surface area contributed by atoms with Crippen molar-refractivity contribution < 1.29 is 28.9 Å². The van der Waals surface area contributed by atoms with Gasteiger partial charge in [0.1, 0.15) is 6.10 Å². The van der Waals surface area contributed by atoms with E-state index < -0.39 is 39.6 Å². The number of hydrogen-bond donors (Lipinski definition) is 3. The molecule has 1 unspecified atom stereocenters. The molecule has 7 heteroatoms. The number of unbranched alkanes of at least 4 members (excludes halogenated alkanes) is 11. The van der Waals surface area contributed by atoms with Crippen LogP contribution in [0.5, 0.6) is 0 Å². The fourth-order valence-electron chi connectivity index (χ4n) is 3.99. The van der Waals surface area contributed by atoms with Crippen molar-refractivity contribution in [3.8, 4) is 0 Å². The van der Waals surface area contributed by atoms with Gasteiger partial charge in [0.2, 0.25) is 5.79 Å². The molecular formula is C20H39O6P. The number of aliphatic hydroxyl groups is 3. The molecule has 0 radical (unpaired) electrons. The van der Waals surface area contributed by atoms with Crippen LogP contribution >= 0.6 is 8.60 Å². The van der Waals surface area contributed by atoms with E-state index in [4.69, 9.17) is 13.6 Å². The van der Waals surface area contributed by atoms with Crippen molar-refractivity contribution >= 4 is 8.60 Å². The summed E-state index contributed by atoms with van der Waals surface area (Å²) >= 11 is 0. The van der Waals surface area contributed by atoms with E-state index in [1.165, 1.54) is 64.2 Å². The molecule has 0 aliphatic carbocycles. The molecule has 1 atom stereocenters. The minimum absolute atomic E-state index is 0.321. The molecule has 6 nitrogen and oxygen atoms in total. The molecule has 2 bridgehead atoms. The van der Waals surface area contributed by atoms with Crippen LogP contribution in [0, 0.1) is 5.41 Å². The molecule has 3 saturated heterocycles. The lowest BCUT2D eigenvalue weighted by molar-refractivity contribution is -0.279. The van der Waals surface area contributed by atoms with Crippen LogP contribution in [0.1, 0.15) is 90.4 Å². The van der Waals surface area contributed by atoms with Crippen LogP contribution in [0.25, 0.3) is 0 Å². The zero-order chi connectivity index (χ0) is 19.6. The molecule has 0 aromatic carbocycles. The molecule has 27 heavy (non-hydrogen) atoms. The van der Waals surface area contributed by atoms with Gasteiger partial charge in [0.25, 0.3) is 0 Å². The molecule has 160 valence electrons. The molecule has 0 aromatic rings. The highest BCUT2D eigenvalue weighted by Gasteiger charge is 2.73. The third-order valence-electron chi connectivity index (χ3n) is 6.02. The summed E-state index contributed by atoms with van der Waals surface area (Å²) in [5.74, 6) is -1.19. The Hall–Kier alpha value is 0.190. The van der Waals surface area contributed by atoms with E-state index in [0.29, 0.717) is 0 Å². The highest BCUT2D eigenvalue weighted by Crippen LogP contribution is 2.73. The molecule has 3 fully saturated rings. The summed E-state index contributed by atoms with van der Waals surface area (Å²) in [6.07, 6.45) is 15.9. The summed E-state index contributed by atoms with van der Waals surface area (Å²) in [5, 5.41) is 29.1. The molecule has 3 aliphatic heterocycles. The molecule has 0 aromatic heterocycles. The van der Waals surface area contributed by atoms with Gasteiger partial charge < -0.3 is 19.8 Å². The van der Waals surface area contributed by atoms with Crippen LogP contribution in [0.3, 0.4) is 0 Å². The molecule has 3 rings (SSSR count). The van der Waals surface area contributed by atoms with Crippen molar-refractivity contribution in [2.24, 2.45) is 5.41 Å². The molecule has 0 saturated carbocycles. The van der Waals surface area contributed by atoms with Gasteiger partial charge in [-0.05, 0) is 6.42 Å². The Bertz CT molecular complexity index is 390. The molecule has 3 aliphatic rings. The SMILES string of the molecule is CCCCCCCCCCCCCCC1OP2OC1(C(CO)(CO)CO)O2. The summed E-state index contributed by atoms with van der Waals surface area (Å²) in [5.41, 5.74) is -1.22. The minimum atomic E-state index is -1.36. The van der Waals surface area contributed by atoms with Crippen LogP contribution in [-0.4, -0.2) is 47.0 Å². The maximum absolute atomic E-state index is 9.69. The van der Waals surface area contributed by atoms with Gasteiger partial charge in [-0.3, -0.25) is 9.05 Å². The minimum Gasteiger partial charge on any atom is -0.395 e. The first kappa shape index (κ1) is 23.5. The Morgan fingerprint density at radius 1 is 0.741 bits per heavy atom. The van der Waals surface area contributed by atoms with Crippen molar-refractivity contribution in [3.05, 3.63) is 0 Å². The van der Waals surface area contributed by atoms with Gasteiger partial charge in [0.05, 0.1) is 25.2 Å². The van der Waals surface area contributed by atoms with Crippen molar-refractivity contribution in [3.63, 3.8) is 0 Å². The lowest BCUT2D eigenvalue weighted by Gasteiger charge is -2.48. The second-order valence-electron chi connectivity index (χ2n) is 8.10. The number of fused-ring (bicyclic) bond motifs is 1. The van der Waals surface area contributed by atoms with Crippen LogP contribution in [-0.2, 0) is 13.6 Å². The van der Waals surface area contributed by atoms with E-state index in [0.717, 1.165) is 19.3 Å². The first-order valence-electron chi connectivity index (χ1n) is 10.9. The summed E-state index contributed by atoms with van der Waals surface area (Å²) in [7, 11) is -1.36. The van der Waals surface area contributed by atoms with Gasteiger partial charge in [-0.15, -0.1) is 0 Å². The van der Waals surface area contributed by atoms with Crippen LogP contribution in [0.4, 0.5) is 0 Å². The monoisotopic (exact) mass is 406 g/mol. The first-order chi connectivity index (χ1) is 13.2. The van der Waals surface area contributed by atoms with Crippen molar-refractivity contribution in [2.75, 3.05) is 19.8 Å². The summed E-state index contributed by atoms with van der Waals surface area (Å²) in [6, 6.07) is 0. The molecule has 0 amide bonds. The van der Waals surface area contributed by atoms with Crippen LogP contribution in [0.15, 0.2) is 0 Å². The molecule has 3 heterocycles. The number of hydrogen-bond acceptors (Lipinski definition) is 6. The average Bonchev–Trinajstić information content (AvgIpc) is 3.20. The molecule has 0 spiro atoms. The Balaban J connectivity index is 1.55.